The zero-order valence-electron chi connectivity index (χ0n) is 6.46. The van der Waals surface area contributed by atoms with Crippen molar-refractivity contribution in [3.8, 4) is 0 Å². The second kappa shape index (κ2) is 2.43. The predicted molar refractivity (Wildman–Crippen MR) is 46.0 cm³/mol. The van der Waals surface area contributed by atoms with Crippen LogP contribution in [-0.4, -0.2) is 22.9 Å². The third kappa shape index (κ3) is 1.10. The first-order chi connectivity index (χ1) is 5.27. The molecule has 0 aliphatic heterocycles. The molecule has 0 fully saturated rings. The van der Waals surface area contributed by atoms with E-state index in [2.05, 4.69) is 33.9 Å². The monoisotopic (exact) mass is 212 g/mol. The van der Waals surface area contributed by atoms with Crippen LogP contribution in [0.5, 0.6) is 0 Å². The molecule has 3 heteroatoms. The van der Waals surface area contributed by atoms with E-state index in [9.17, 15) is 0 Å². The van der Waals surface area contributed by atoms with Crippen molar-refractivity contribution in [1.82, 2.24) is 7.96 Å². The molecule has 0 amide bonds. The van der Waals surface area contributed by atoms with Crippen LogP contribution >= 0.6 is 0 Å². The van der Waals surface area contributed by atoms with Crippen LogP contribution in [0, 0.1) is 13.8 Å². The minimum absolute atomic E-state index is 0.114. The normalized spacial score (nSPS) is 10.7. The molecule has 56 valence electrons. The number of fused-ring (bicyclic) bond motifs is 1. The molecule has 1 aromatic carbocycles. The Bertz CT molecular complexity index is 356. The van der Waals surface area contributed by atoms with Crippen molar-refractivity contribution in [3.63, 3.8) is 0 Å². The Kier molecular flexibility index (Phi) is 1.55. The van der Waals surface area contributed by atoms with E-state index < -0.39 is 0 Å². The molecule has 2 aromatic rings. The molecule has 0 radical (unpaired) electrons. The fraction of sp³-hybridized carbons (Fsp3) is 0.250. The molecule has 0 aliphatic rings. The third-order valence-corrected chi connectivity index (χ3v) is 3.04. The predicted octanol–water partition coefficient (Wildman–Crippen LogP) is 1.30. The van der Waals surface area contributed by atoms with Gasteiger partial charge < -0.3 is 0 Å². The second-order valence-electron chi connectivity index (χ2n) is 2.69. The van der Waals surface area contributed by atoms with E-state index in [4.69, 9.17) is 0 Å². The molecule has 0 atom stereocenters. The molecule has 0 unspecified atom stereocenters. The summed E-state index contributed by atoms with van der Waals surface area (Å²) in [6.45, 7) is 4.22. The van der Waals surface area contributed by atoms with E-state index in [1.54, 1.807) is 0 Å². The summed E-state index contributed by atoms with van der Waals surface area (Å²) >= 11 is 0.114. The van der Waals surface area contributed by atoms with Crippen LogP contribution in [0.1, 0.15) is 11.1 Å². The Morgan fingerprint density at radius 1 is 1.00 bits per heavy atom. The zero-order valence-corrected chi connectivity index (χ0v) is 8.17. The molecule has 2 nitrogen and oxygen atoms in total. The molecule has 0 bridgehead atoms. The Morgan fingerprint density at radius 2 is 1.45 bits per heavy atom. The third-order valence-electron chi connectivity index (χ3n) is 1.87. The van der Waals surface area contributed by atoms with Gasteiger partial charge in [0.25, 0.3) is 0 Å². The van der Waals surface area contributed by atoms with Crippen LogP contribution in [0.2, 0.25) is 0 Å². The van der Waals surface area contributed by atoms with Crippen molar-refractivity contribution < 1.29 is 0 Å². The van der Waals surface area contributed by atoms with Crippen LogP contribution in [0.15, 0.2) is 12.1 Å². The number of rotatable bonds is 0. The average Bonchev–Trinajstić information content (AvgIpc) is 2.36. The van der Waals surface area contributed by atoms with E-state index >= 15 is 0 Å². The van der Waals surface area contributed by atoms with Crippen LogP contribution in [0.25, 0.3) is 11.0 Å². The number of benzene rings is 1. The van der Waals surface area contributed by atoms with Gasteiger partial charge in [0.1, 0.15) is 0 Å². The van der Waals surface area contributed by atoms with E-state index in [1.807, 2.05) is 0 Å². The van der Waals surface area contributed by atoms with Gasteiger partial charge in [0.05, 0.1) is 0 Å². The summed E-state index contributed by atoms with van der Waals surface area (Å²) in [5.41, 5.74) is 4.77. The second-order valence-corrected chi connectivity index (χ2v) is 3.80. The first-order valence-corrected chi connectivity index (χ1v) is 5.00. The maximum atomic E-state index is 4.30. The maximum absolute atomic E-state index is 4.30. The van der Waals surface area contributed by atoms with Crippen LogP contribution in [-0.2, 0) is 0 Å². The summed E-state index contributed by atoms with van der Waals surface area (Å²) in [7, 11) is 0. The van der Waals surface area contributed by atoms with E-state index in [-0.39, 0.29) is 15.0 Å². The minimum atomic E-state index is 0.114. The van der Waals surface area contributed by atoms with Crippen LogP contribution in [0.3, 0.4) is 0 Å². The molecule has 0 N–H and O–H groups in total. The first kappa shape index (κ1) is 7.01. The standard InChI is InChI=1S/C8H8N2Se/c1-5-3-7-8(4-6(5)2)10-11-9-7/h3-4H,1-2H3. The Hall–Kier alpha value is -0.661. The molecular weight excluding hydrogens is 203 g/mol. The Labute approximate surface area is 71.5 Å². The number of hydrogen-bond acceptors (Lipinski definition) is 2. The molecule has 0 saturated carbocycles. The summed E-state index contributed by atoms with van der Waals surface area (Å²) < 4.78 is 8.59. The van der Waals surface area contributed by atoms with Gasteiger partial charge >= 0.3 is 71.1 Å². The number of hydrogen-bond donors (Lipinski definition) is 0. The van der Waals surface area contributed by atoms with E-state index in [0.29, 0.717) is 0 Å². The number of aryl methyl sites for hydroxylation is 2. The molecule has 2 rings (SSSR count). The van der Waals surface area contributed by atoms with Gasteiger partial charge in [-0.25, -0.2) is 0 Å². The molecule has 0 aliphatic carbocycles. The molecule has 1 heterocycles. The van der Waals surface area contributed by atoms with Gasteiger partial charge in [-0.1, -0.05) is 0 Å². The van der Waals surface area contributed by atoms with Crippen molar-refractivity contribution in [3.05, 3.63) is 23.3 Å². The molecule has 0 saturated heterocycles. The van der Waals surface area contributed by atoms with Gasteiger partial charge in [0.15, 0.2) is 0 Å². The number of aromatic nitrogens is 2. The summed E-state index contributed by atoms with van der Waals surface area (Å²) in [5, 5.41) is 0. The van der Waals surface area contributed by atoms with Crippen molar-refractivity contribution in [2.75, 3.05) is 0 Å². The van der Waals surface area contributed by atoms with Gasteiger partial charge in [-0.05, 0) is 0 Å². The molecule has 1 aromatic heterocycles. The van der Waals surface area contributed by atoms with E-state index in [0.717, 1.165) is 11.0 Å². The molecule has 11 heavy (non-hydrogen) atoms. The van der Waals surface area contributed by atoms with Gasteiger partial charge in [-0.2, -0.15) is 0 Å². The fourth-order valence-electron chi connectivity index (χ4n) is 1.04. The summed E-state index contributed by atoms with van der Waals surface area (Å²) in [6.07, 6.45) is 0. The summed E-state index contributed by atoms with van der Waals surface area (Å²) in [6, 6.07) is 4.23. The summed E-state index contributed by atoms with van der Waals surface area (Å²) in [4.78, 5) is 0. The van der Waals surface area contributed by atoms with Gasteiger partial charge in [-0.15, -0.1) is 0 Å². The van der Waals surface area contributed by atoms with Gasteiger partial charge in [0.2, 0.25) is 0 Å². The first-order valence-electron chi connectivity index (χ1n) is 3.47. The van der Waals surface area contributed by atoms with Crippen molar-refractivity contribution in [2.24, 2.45) is 0 Å². The van der Waals surface area contributed by atoms with Crippen LogP contribution < -0.4 is 0 Å². The van der Waals surface area contributed by atoms with Crippen LogP contribution in [0.4, 0.5) is 0 Å². The van der Waals surface area contributed by atoms with E-state index in [1.165, 1.54) is 11.1 Å². The van der Waals surface area contributed by atoms with Crippen molar-refractivity contribution >= 4 is 26.0 Å². The van der Waals surface area contributed by atoms with Crippen molar-refractivity contribution in [2.45, 2.75) is 13.8 Å². The fourth-order valence-corrected chi connectivity index (χ4v) is 2.11. The van der Waals surface area contributed by atoms with Gasteiger partial charge in [0, 0.05) is 0 Å². The zero-order chi connectivity index (χ0) is 7.84. The van der Waals surface area contributed by atoms with Gasteiger partial charge in [-0.3, -0.25) is 0 Å². The summed E-state index contributed by atoms with van der Waals surface area (Å²) in [5.74, 6) is 0. The average molecular weight is 211 g/mol. The molecule has 0 spiro atoms. The van der Waals surface area contributed by atoms with Crippen molar-refractivity contribution in [1.29, 1.82) is 0 Å². The Balaban J connectivity index is 2.86. The molecular formula is C8H8N2Se. The SMILES string of the molecule is Cc1cc2n[se]nc2cc1C. The quantitative estimate of drug-likeness (QED) is 0.614. The number of nitrogens with zero attached hydrogens (tertiary/aromatic N) is 2. The Morgan fingerprint density at radius 3 is 1.91 bits per heavy atom. The topological polar surface area (TPSA) is 25.8 Å².